The van der Waals surface area contributed by atoms with Crippen LogP contribution in [-0.2, 0) is 6.18 Å². The standard InChI is InChI=1S/C13H16ClF4N/c1-3-12(4-2,8-14)19-11-6-5-9(7-10(11)15)13(16,17)18/h5-7,19H,3-4,8H2,1-2H3. The molecule has 0 unspecified atom stereocenters. The van der Waals surface area contributed by atoms with Crippen LogP contribution in [0.3, 0.4) is 0 Å². The normalized spacial score (nSPS) is 12.6. The third-order valence-electron chi connectivity index (χ3n) is 3.31. The summed E-state index contributed by atoms with van der Waals surface area (Å²) in [6.45, 7) is 3.78. The van der Waals surface area contributed by atoms with Crippen LogP contribution in [0.25, 0.3) is 0 Å². The van der Waals surface area contributed by atoms with Crippen molar-refractivity contribution < 1.29 is 17.6 Å². The second kappa shape index (κ2) is 5.99. The zero-order chi connectivity index (χ0) is 14.7. The van der Waals surface area contributed by atoms with E-state index in [1.165, 1.54) is 0 Å². The van der Waals surface area contributed by atoms with Crippen LogP contribution in [0.15, 0.2) is 18.2 Å². The first kappa shape index (κ1) is 16.1. The van der Waals surface area contributed by atoms with E-state index in [2.05, 4.69) is 5.32 Å². The molecule has 0 heterocycles. The number of benzene rings is 1. The first-order chi connectivity index (χ1) is 8.78. The van der Waals surface area contributed by atoms with Gasteiger partial charge in [0.25, 0.3) is 0 Å². The lowest BCUT2D eigenvalue weighted by Crippen LogP contribution is -2.39. The monoisotopic (exact) mass is 297 g/mol. The molecule has 1 rings (SSSR count). The van der Waals surface area contributed by atoms with Crippen molar-refractivity contribution in [2.24, 2.45) is 0 Å². The number of hydrogen-bond donors (Lipinski definition) is 1. The average molecular weight is 298 g/mol. The van der Waals surface area contributed by atoms with E-state index in [-0.39, 0.29) is 11.6 Å². The fourth-order valence-electron chi connectivity index (χ4n) is 1.73. The Bertz CT molecular complexity index is 419. The van der Waals surface area contributed by atoms with Gasteiger partial charge in [-0.15, -0.1) is 11.6 Å². The maximum Gasteiger partial charge on any atom is 0.416 e. The van der Waals surface area contributed by atoms with Gasteiger partial charge in [0.1, 0.15) is 5.82 Å². The van der Waals surface area contributed by atoms with Gasteiger partial charge in [-0.3, -0.25) is 0 Å². The summed E-state index contributed by atoms with van der Waals surface area (Å²) in [7, 11) is 0. The van der Waals surface area contributed by atoms with Crippen molar-refractivity contribution >= 4 is 17.3 Å². The fourth-order valence-corrected chi connectivity index (χ4v) is 2.17. The lowest BCUT2D eigenvalue weighted by molar-refractivity contribution is -0.137. The van der Waals surface area contributed by atoms with E-state index in [9.17, 15) is 17.6 Å². The van der Waals surface area contributed by atoms with E-state index in [1.54, 1.807) is 0 Å². The molecule has 1 aromatic carbocycles. The lowest BCUT2D eigenvalue weighted by atomic mass is 9.94. The smallest absolute Gasteiger partial charge is 0.376 e. The summed E-state index contributed by atoms with van der Waals surface area (Å²) in [5, 5.41) is 2.91. The van der Waals surface area contributed by atoms with Crippen molar-refractivity contribution in [1.82, 2.24) is 0 Å². The maximum atomic E-state index is 13.7. The topological polar surface area (TPSA) is 12.0 Å². The molecule has 0 aliphatic heterocycles. The molecule has 0 aliphatic rings. The average Bonchev–Trinajstić information content (AvgIpc) is 2.37. The molecule has 1 aromatic rings. The van der Waals surface area contributed by atoms with Crippen molar-refractivity contribution in [3.05, 3.63) is 29.6 Å². The maximum absolute atomic E-state index is 13.7. The zero-order valence-corrected chi connectivity index (χ0v) is 11.5. The summed E-state index contributed by atoms with van der Waals surface area (Å²) in [6, 6.07) is 2.45. The van der Waals surface area contributed by atoms with Gasteiger partial charge < -0.3 is 5.32 Å². The Morgan fingerprint density at radius 3 is 2.11 bits per heavy atom. The molecule has 6 heteroatoms. The summed E-state index contributed by atoms with van der Waals surface area (Å²) in [5.74, 6) is -0.674. The highest BCUT2D eigenvalue weighted by atomic mass is 35.5. The molecule has 0 aliphatic carbocycles. The molecule has 0 saturated carbocycles. The number of rotatable bonds is 5. The van der Waals surface area contributed by atoms with E-state index in [0.717, 1.165) is 12.1 Å². The van der Waals surface area contributed by atoms with E-state index in [1.807, 2.05) is 13.8 Å². The van der Waals surface area contributed by atoms with Crippen molar-refractivity contribution in [2.45, 2.75) is 38.4 Å². The van der Waals surface area contributed by atoms with E-state index >= 15 is 0 Å². The fraction of sp³-hybridized carbons (Fsp3) is 0.538. The lowest BCUT2D eigenvalue weighted by Gasteiger charge is -2.32. The molecular formula is C13H16ClF4N. The molecule has 108 valence electrons. The predicted molar refractivity (Wildman–Crippen MR) is 69.1 cm³/mol. The number of anilines is 1. The Morgan fingerprint density at radius 2 is 1.74 bits per heavy atom. The largest absolute Gasteiger partial charge is 0.416 e. The van der Waals surface area contributed by atoms with Gasteiger partial charge in [-0.25, -0.2) is 4.39 Å². The Hall–Kier alpha value is -0.970. The van der Waals surface area contributed by atoms with Crippen LogP contribution in [0.1, 0.15) is 32.3 Å². The summed E-state index contributed by atoms with van der Waals surface area (Å²) in [5.41, 5.74) is -1.47. The Labute approximate surface area is 115 Å². The van der Waals surface area contributed by atoms with Gasteiger partial charge in [-0.2, -0.15) is 13.2 Å². The highest BCUT2D eigenvalue weighted by Gasteiger charge is 2.32. The quantitative estimate of drug-likeness (QED) is 0.592. The molecule has 0 atom stereocenters. The number of alkyl halides is 4. The molecule has 0 amide bonds. The van der Waals surface area contributed by atoms with Gasteiger partial charge in [-0.1, -0.05) is 13.8 Å². The first-order valence-corrected chi connectivity index (χ1v) is 6.52. The van der Waals surface area contributed by atoms with Crippen LogP contribution in [0.4, 0.5) is 23.2 Å². The Morgan fingerprint density at radius 1 is 1.16 bits per heavy atom. The first-order valence-electron chi connectivity index (χ1n) is 5.99. The number of hydrogen-bond acceptors (Lipinski definition) is 1. The summed E-state index contributed by atoms with van der Waals surface area (Å²) in [6.07, 6.45) is -3.25. The predicted octanol–water partition coefficient (Wildman–Crippen LogP) is 5.05. The summed E-state index contributed by atoms with van der Waals surface area (Å²) in [4.78, 5) is 0. The second-order valence-electron chi connectivity index (χ2n) is 4.44. The van der Waals surface area contributed by atoms with Crippen LogP contribution in [0.2, 0.25) is 0 Å². The molecule has 0 fully saturated rings. The zero-order valence-electron chi connectivity index (χ0n) is 10.7. The van der Waals surface area contributed by atoms with Gasteiger partial charge in [0, 0.05) is 5.88 Å². The molecule has 0 spiro atoms. The summed E-state index contributed by atoms with van der Waals surface area (Å²) < 4.78 is 51.0. The molecule has 0 radical (unpaired) electrons. The number of halogens is 5. The SMILES string of the molecule is CCC(CC)(CCl)Nc1ccc(C(F)(F)F)cc1F. The van der Waals surface area contributed by atoms with Crippen molar-refractivity contribution in [3.63, 3.8) is 0 Å². The minimum absolute atomic E-state index is 0.0392. The van der Waals surface area contributed by atoms with Gasteiger partial charge in [0.15, 0.2) is 0 Å². The molecular weight excluding hydrogens is 282 g/mol. The highest BCUT2D eigenvalue weighted by molar-refractivity contribution is 6.18. The molecule has 0 saturated heterocycles. The molecule has 19 heavy (non-hydrogen) atoms. The number of nitrogens with one attached hydrogen (secondary N) is 1. The van der Waals surface area contributed by atoms with Crippen LogP contribution in [0, 0.1) is 5.82 Å². The van der Waals surface area contributed by atoms with E-state index < -0.39 is 23.1 Å². The van der Waals surface area contributed by atoms with Gasteiger partial charge in [-0.05, 0) is 31.0 Å². The molecule has 0 bridgehead atoms. The third-order valence-corrected chi connectivity index (χ3v) is 3.82. The Kier molecular flexibility index (Phi) is 5.07. The summed E-state index contributed by atoms with van der Waals surface area (Å²) >= 11 is 5.87. The van der Waals surface area contributed by atoms with Crippen molar-refractivity contribution in [2.75, 3.05) is 11.2 Å². The minimum Gasteiger partial charge on any atom is -0.376 e. The van der Waals surface area contributed by atoms with Crippen LogP contribution in [0.5, 0.6) is 0 Å². The van der Waals surface area contributed by atoms with Crippen LogP contribution < -0.4 is 5.32 Å². The minimum atomic E-state index is -4.54. The van der Waals surface area contributed by atoms with E-state index in [0.29, 0.717) is 18.9 Å². The van der Waals surface area contributed by atoms with Gasteiger partial charge in [0.05, 0.1) is 16.8 Å². The molecule has 0 aromatic heterocycles. The van der Waals surface area contributed by atoms with Gasteiger partial charge in [0.2, 0.25) is 0 Å². The third kappa shape index (κ3) is 3.75. The van der Waals surface area contributed by atoms with E-state index in [4.69, 9.17) is 11.6 Å². The van der Waals surface area contributed by atoms with Crippen LogP contribution >= 0.6 is 11.6 Å². The Balaban J connectivity index is 3.04. The van der Waals surface area contributed by atoms with Crippen molar-refractivity contribution in [1.29, 1.82) is 0 Å². The highest BCUT2D eigenvalue weighted by Crippen LogP contribution is 2.32. The second-order valence-corrected chi connectivity index (χ2v) is 4.71. The van der Waals surface area contributed by atoms with Crippen molar-refractivity contribution in [3.8, 4) is 0 Å². The van der Waals surface area contributed by atoms with Gasteiger partial charge >= 0.3 is 6.18 Å². The molecule has 1 N–H and O–H groups in total. The van der Waals surface area contributed by atoms with Crippen LogP contribution in [-0.4, -0.2) is 11.4 Å². The molecule has 1 nitrogen and oxygen atoms in total.